The highest BCUT2D eigenvalue weighted by Gasteiger charge is 2.45. The maximum absolute atomic E-state index is 11.1. The standard InChI is InChI=1S/C7H8N2O6/c1-15-6(13)2(5(11)12)3-4(10)9-7(14)8-3/h2-3H,1H3,(H,11,12)(H2,8,9,10,14). The summed E-state index contributed by atoms with van der Waals surface area (Å²) in [5.41, 5.74) is 0. The number of hydrogen-bond acceptors (Lipinski definition) is 5. The van der Waals surface area contributed by atoms with Gasteiger partial charge >= 0.3 is 18.0 Å². The van der Waals surface area contributed by atoms with Crippen LogP contribution in [0.5, 0.6) is 0 Å². The SMILES string of the molecule is COC(=O)C(C(=O)O)C1NC(=O)NC1=O. The highest BCUT2D eigenvalue weighted by Crippen LogP contribution is 2.10. The first-order valence-electron chi connectivity index (χ1n) is 3.89. The van der Waals surface area contributed by atoms with Crippen LogP contribution in [0.2, 0.25) is 0 Å². The van der Waals surface area contributed by atoms with Gasteiger partial charge < -0.3 is 15.2 Å². The van der Waals surface area contributed by atoms with E-state index in [2.05, 4.69) is 4.74 Å². The van der Waals surface area contributed by atoms with Crippen LogP contribution in [-0.4, -0.2) is 42.1 Å². The molecular formula is C7H8N2O6. The molecule has 8 nitrogen and oxygen atoms in total. The smallest absolute Gasteiger partial charge is 0.322 e. The molecule has 1 aliphatic heterocycles. The number of urea groups is 1. The number of esters is 1. The normalized spacial score (nSPS) is 21.5. The zero-order chi connectivity index (χ0) is 11.6. The summed E-state index contributed by atoms with van der Waals surface area (Å²) in [7, 11) is 0.993. The number of ether oxygens (including phenoxy) is 1. The Bertz CT molecular complexity index is 338. The van der Waals surface area contributed by atoms with Crippen molar-refractivity contribution < 1.29 is 29.0 Å². The van der Waals surface area contributed by atoms with Crippen molar-refractivity contribution in [2.24, 2.45) is 5.92 Å². The molecule has 2 unspecified atom stereocenters. The van der Waals surface area contributed by atoms with Crippen molar-refractivity contribution in [3.05, 3.63) is 0 Å². The molecule has 0 aromatic rings. The Balaban J connectivity index is 2.90. The third-order valence-corrected chi connectivity index (χ3v) is 1.86. The maximum Gasteiger partial charge on any atom is 0.322 e. The molecule has 0 aliphatic carbocycles. The predicted molar refractivity (Wildman–Crippen MR) is 43.6 cm³/mol. The molecule has 8 heteroatoms. The number of carboxylic acids is 1. The number of hydrogen-bond donors (Lipinski definition) is 3. The van der Waals surface area contributed by atoms with E-state index in [1.54, 1.807) is 0 Å². The van der Waals surface area contributed by atoms with Gasteiger partial charge in [0.1, 0.15) is 6.04 Å². The van der Waals surface area contributed by atoms with Gasteiger partial charge in [-0.15, -0.1) is 0 Å². The van der Waals surface area contributed by atoms with Gasteiger partial charge in [-0.05, 0) is 0 Å². The monoisotopic (exact) mass is 216 g/mol. The van der Waals surface area contributed by atoms with Gasteiger partial charge in [-0.3, -0.25) is 19.7 Å². The molecular weight excluding hydrogens is 208 g/mol. The first kappa shape index (κ1) is 11.0. The molecule has 3 amide bonds. The lowest BCUT2D eigenvalue weighted by molar-refractivity contribution is -0.159. The van der Waals surface area contributed by atoms with Gasteiger partial charge in [0, 0.05) is 0 Å². The highest BCUT2D eigenvalue weighted by atomic mass is 16.5. The van der Waals surface area contributed by atoms with E-state index in [1.165, 1.54) is 0 Å². The molecule has 2 atom stereocenters. The second-order valence-corrected chi connectivity index (χ2v) is 2.78. The van der Waals surface area contributed by atoms with Crippen molar-refractivity contribution in [3.63, 3.8) is 0 Å². The zero-order valence-corrected chi connectivity index (χ0v) is 7.64. The van der Waals surface area contributed by atoms with Gasteiger partial charge in [0.15, 0.2) is 5.92 Å². The van der Waals surface area contributed by atoms with Crippen LogP contribution in [0.1, 0.15) is 0 Å². The van der Waals surface area contributed by atoms with Crippen molar-refractivity contribution in [1.29, 1.82) is 0 Å². The average Bonchev–Trinajstić information content (AvgIpc) is 2.45. The second-order valence-electron chi connectivity index (χ2n) is 2.78. The van der Waals surface area contributed by atoms with Crippen LogP contribution < -0.4 is 10.6 Å². The molecule has 15 heavy (non-hydrogen) atoms. The van der Waals surface area contributed by atoms with E-state index < -0.39 is 35.8 Å². The Morgan fingerprint density at radius 2 is 2.07 bits per heavy atom. The van der Waals surface area contributed by atoms with E-state index >= 15 is 0 Å². The summed E-state index contributed by atoms with van der Waals surface area (Å²) in [6.45, 7) is 0. The number of methoxy groups -OCH3 is 1. The Hall–Kier alpha value is -2.12. The molecule has 0 aromatic carbocycles. The molecule has 1 fully saturated rings. The molecule has 1 heterocycles. The minimum atomic E-state index is -1.73. The molecule has 1 saturated heterocycles. The molecule has 1 rings (SSSR count). The molecule has 0 spiro atoms. The summed E-state index contributed by atoms with van der Waals surface area (Å²) < 4.78 is 4.22. The first-order chi connectivity index (χ1) is 6.97. The molecule has 0 saturated carbocycles. The van der Waals surface area contributed by atoms with E-state index in [-0.39, 0.29) is 0 Å². The van der Waals surface area contributed by atoms with Gasteiger partial charge in [0.2, 0.25) is 0 Å². The summed E-state index contributed by atoms with van der Waals surface area (Å²) >= 11 is 0. The van der Waals surface area contributed by atoms with Crippen molar-refractivity contribution in [1.82, 2.24) is 10.6 Å². The second kappa shape index (κ2) is 3.95. The summed E-state index contributed by atoms with van der Waals surface area (Å²) in [4.78, 5) is 43.6. The molecule has 0 bridgehead atoms. The van der Waals surface area contributed by atoms with E-state index in [9.17, 15) is 19.2 Å². The van der Waals surface area contributed by atoms with Crippen LogP contribution in [0.15, 0.2) is 0 Å². The van der Waals surface area contributed by atoms with E-state index in [4.69, 9.17) is 5.11 Å². The van der Waals surface area contributed by atoms with E-state index in [1.807, 2.05) is 10.6 Å². The quantitative estimate of drug-likeness (QED) is 0.287. The fraction of sp³-hybridized carbons (Fsp3) is 0.429. The fourth-order valence-electron chi connectivity index (χ4n) is 1.17. The Labute approximate surface area is 83.6 Å². The van der Waals surface area contributed by atoms with Crippen molar-refractivity contribution in [2.45, 2.75) is 6.04 Å². The Kier molecular flexibility index (Phi) is 2.88. The predicted octanol–water partition coefficient (Wildman–Crippen LogP) is -1.93. The Morgan fingerprint density at radius 3 is 2.40 bits per heavy atom. The fourth-order valence-corrected chi connectivity index (χ4v) is 1.17. The number of nitrogens with one attached hydrogen (secondary N) is 2. The third-order valence-electron chi connectivity index (χ3n) is 1.86. The van der Waals surface area contributed by atoms with Crippen LogP contribution in [-0.2, 0) is 19.1 Å². The summed E-state index contributed by atoms with van der Waals surface area (Å²) in [6.07, 6.45) is 0. The Morgan fingerprint density at radius 1 is 1.47 bits per heavy atom. The molecule has 1 aliphatic rings. The number of carbonyl (C=O) groups excluding carboxylic acids is 3. The zero-order valence-electron chi connectivity index (χ0n) is 7.64. The molecule has 0 radical (unpaired) electrons. The van der Waals surface area contributed by atoms with Gasteiger partial charge in [-0.2, -0.15) is 0 Å². The highest BCUT2D eigenvalue weighted by molar-refractivity contribution is 6.10. The maximum atomic E-state index is 11.1. The first-order valence-corrected chi connectivity index (χ1v) is 3.89. The minimum Gasteiger partial charge on any atom is -0.481 e. The summed E-state index contributed by atoms with van der Waals surface area (Å²) in [5, 5.41) is 12.5. The van der Waals surface area contributed by atoms with Crippen LogP contribution in [0, 0.1) is 5.92 Å². The van der Waals surface area contributed by atoms with Gasteiger partial charge in [-0.1, -0.05) is 0 Å². The van der Waals surface area contributed by atoms with Gasteiger partial charge in [-0.25, -0.2) is 4.79 Å². The lowest BCUT2D eigenvalue weighted by atomic mass is 10.0. The van der Waals surface area contributed by atoms with Crippen LogP contribution in [0.4, 0.5) is 4.79 Å². The third kappa shape index (κ3) is 2.03. The number of rotatable bonds is 3. The summed E-state index contributed by atoms with van der Waals surface area (Å²) in [6, 6.07) is -2.26. The average molecular weight is 216 g/mol. The van der Waals surface area contributed by atoms with E-state index in [0.29, 0.717) is 0 Å². The molecule has 3 N–H and O–H groups in total. The largest absolute Gasteiger partial charge is 0.481 e. The van der Waals surface area contributed by atoms with Crippen LogP contribution in [0.25, 0.3) is 0 Å². The van der Waals surface area contributed by atoms with E-state index in [0.717, 1.165) is 7.11 Å². The topological polar surface area (TPSA) is 122 Å². The van der Waals surface area contributed by atoms with Crippen molar-refractivity contribution >= 4 is 23.9 Å². The molecule has 0 aromatic heterocycles. The molecule has 82 valence electrons. The van der Waals surface area contributed by atoms with Crippen LogP contribution in [0.3, 0.4) is 0 Å². The van der Waals surface area contributed by atoms with Gasteiger partial charge in [0.25, 0.3) is 5.91 Å². The van der Waals surface area contributed by atoms with Crippen LogP contribution >= 0.6 is 0 Å². The number of carboxylic acid groups (broad SMARTS) is 1. The minimum absolute atomic E-state index is 0.833. The van der Waals surface area contributed by atoms with Crippen molar-refractivity contribution in [3.8, 4) is 0 Å². The lowest BCUT2D eigenvalue weighted by Crippen LogP contribution is -2.45. The summed E-state index contributed by atoms with van der Waals surface area (Å²) in [5.74, 6) is -5.23. The van der Waals surface area contributed by atoms with Gasteiger partial charge in [0.05, 0.1) is 7.11 Å². The number of carbonyl (C=O) groups is 4. The lowest BCUT2D eigenvalue weighted by Gasteiger charge is -2.14. The number of amides is 3. The number of aliphatic carboxylic acids is 1. The van der Waals surface area contributed by atoms with Crippen molar-refractivity contribution in [2.75, 3.05) is 7.11 Å². The number of imide groups is 1.